The van der Waals surface area contributed by atoms with Crippen molar-refractivity contribution in [2.75, 3.05) is 32.8 Å². The SMILES string of the molecule is O=C(c1ccco1)N1CCN(Cc2nnnn2CC2CCCO2)CC1.[Cl-]. The minimum atomic E-state index is -0.0483. The highest BCUT2D eigenvalue weighted by Crippen LogP contribution is 2.15. The van der Waals surface area contributed by atoms with Gasteiger partial charge in [-0.05, 0) is 35.4 Å². The number of halogens is 1. The lowest BCUT2D eigenvalue weighted by Crippen LogP contribution is -3.00. The number of tetrazole rings is 1. The molecule has 0 bridgehead atoms. The number of carbonyl (C=O) groups is 1. The van der Waals surface area contributed by atoms with Crippen molar-refractivity contribution in [3.8, 4) is 0 Å². The fraction of sp³-hybridized carbons (Fsp3) is 0.625. The van der Waals surface area contributed by atoms with Crippen LogP contribution in [0.25, 0.3) is 0 Å². The molecule has 2 saturated heterocycles. The molecule has 1 amide bonds. The van der Waals surface area contributed by atoms with Crippen molar-refractivity contribution >= 4 is 5.91 Å². The van der Waals surface area contributed by atoms with Crippen LogP contribution in [0, 0.1) is 0 Å². The average molecular weight is 382 g/mol. The maximum atomic E-state index is 12.3. The highest BCUT2D eigenvalue weighted by atomic mass is 35.5. The summed E-state index contributed by atoms with van der Waals surface area (Å²) in [5.41, 5.74) is 0. The van der Waals surface area contributed by atoms with Gasteiger partial charge in [0.15, 0.2) is 11.6 Å². The highest BCUT2D eigenvalue weighted by Gasteiger charge is 2.25. The van der Waals surface area contributed by atoms with E-state index >= 15 is 0 Å². The summed E-state index contributed by atoms with van der Waals surface area (Å²) in [6, 6.07) is 3.44. The molecule has 1 atom stereocenters. The van der Waals surface area contributed by atoms with Crippen molar-refractivity contribution in [3.05, 3.63) is 30.0 Å². The predicted molar refractivity (Wildman–Crippen MR) is 86.7 cm³/mol. The van der Waals surface area contributed by atoms with Gasteiger partial charge in [-0.1, -0.05) is 0 Å². The minimum absolute atomic E-state index is 0. The number of aromatic nitrogens is 4. The average Bonchev–Trinajstić information content (AvgIpc) is 3.39. The molecule has 9 nitrogen and oxygen atoms in total. The summed E-state index contributed by atoms with van der Waals surface area (Å²) in [5.74, 6) is 1.20. The van der Waals surface area contributed by atoms with Gasteiger partial charge in [0.05, 0.1) is 25.5 Å². The smallest absolute Gasteiger partial charge is 0.289 e. The number of carbonyl (C=O) groups excluding carboxylic acids is 1. The number of hydrogen-bond acceptors (Lipinski definition) is 7. The van der Waals surface area contributed by atoms with Crippen LogP contribution >= 0.6 is 0 Å². The van der Waals surface area contributed by atoms with Crippen LogP contribution in [0.4, 0.5) is 0 Å². The Morgan fingerprint density at radius 3 is 2.81 bits per heavy atom. The Bertz CT molecular complexity index is 693. The van der Waals surface area contributed by atoms with Gasteiger partial charge in [-0.2, -0.15) is 0 Å². The molecule has 2 fully saturated rings. The third kappa shape index (κ3) is 4.22. The molecule has 0 radical (unpaired) electrons. The van der Waals surface area contributed by atoms with Gasteiger partial charge in [-0.3, -0.25) is 9.69 Å². The maximum Gasteiger partial charge on any atom is 0.289 e. The van der Waals surface area contributed by atoms with Crippen LogP contribution in [0.15, 0.2) is 22.8 Å². The maximum absolute atomic E-state index is 12.3. The monoisotopic (exact) mass is 381 g/mol. The van der Waals surface area contributed by atoms with E-state index in [9.17, 15) is 4.79 Å². The Hall–Kier alpha value is -1.97. The van der Waals surface area contributed by atoms with Gasteiger partial charge >= 0.3 is 0 Å². The topological polar surface area (TPSA) is 89.5 Å². The number of nitrogens with zero attached hydrogens (tertiary/aromatic N) is 6. The van der Waals surface area contributed by atoms with Gasteiger partial charge in [0.1, 0.15) is 0 Å². The first-order valence-corrected chi connectivity index (χ1v) is 8.71. The van der Waals surface area contributed by atoms with E-state index in [0.29, 0.717) is 31.9 Å². The Labute approximate surface area is 157 Å². The zero-order valence-corrected chi connectivity index (χ0v) is 15.2. The van der Waals surface area contributed by atoms with Crippen LogP contribution in [-0.2, 0) is 17.8 Å². The third-order valence-electron chi connectivity index (χ3n) is 4.76. The molecule has 0 N–H and O–H groups in total. The number of amides is 1. The summed E-state index contributed by atoms with van der Waals surface area (Å²) in [7, 11) is 0. The van der Waals surface area contributed by atoms with Crippen molar-refractivity contribution in [1.82, 2.24) is 30.0 Å². The summed E-state index contributed by atoms with van der Waals surface area (Å²) in [5, 5.41) is 12.1. The quantitative estimate of drug-likeness (QED) is 0.561. The van der Waals surface area contributed by atoms with E-state index in [4.69, 9.17) is 9.15 Å². The Morgan fingerprint density at radius 2 is 2.12 bits per heavy atom. The van der Waals surface area contributed by atoms with Crippen LogP contribution < -0.4 is 12.4 Å². The van der Waals surface area contributed by atoms with Crippen LogP contribution in [0.1, 0.15) is 29.2 Å². The van der Waals surface area contributed by atoms with Crippen LogP contribution in [0.3, 0.4) is 0 Å². The van der Waals surface area contributed by atoms with Gasteiger partial charge < -0.3 is 26.5 Å². The lowest BCUT2D eigenvalue weighted by molar-refractivity contribution is -0.0000176. The van der Waals surface area contributed by atoms with E-state index in [2.05, 4.69) is 20.4 Å². The number of ether oxygens (including phenoxy) is 1. The molecular weight excluding hydrogens is 360 g/mol. The molecule has 142 valence electrons. The zero-order valence-electron chi connectivity index (χ0n) is 14.5. The second-order valence-corrected chi connectivity index (χ2v) is 6.46. The van der Waals surface area contributed by atoms with E-state index in [1.807, 2.05) is 9.58 Å². The Kier molecular flexibility index (Phi) is 6.23. The lowest BCUT2D eigenvalue weighted by atomic mass is 10.2. The molecule has 0 aliphatic carbocycles. The molecule has 2 aliphatic rings. The molecule has 10 heteroatoms. The first-order chi connectivity index (χ1) is 12.3. The van der Waals surface area contributed by atoms with Gasteiger partial charge in [0.2, 0.25) is 0 Å². The second-order valence-electron chi connectivity index (χ2n) is 6.46. The molecule has 26 heavy (non-hydrogen) atoms. The summed E-state index contributed by atoms with van der Waals surface area (Å²) in [6.45, 7) is 5.15. The zero-order chi connectivity index (χ0) is 17.1. The fourth-order valence-corrected chi connectivity index (χ4v) is 3.32. The van der Waals surface area contributed by atoms with E-state index in [1.54, 1.807) is 12.1 Å². The van der Waals surface area contributed by atoms with Gasteiger partial charge in [-0.15, -0.1) is 5.10 Å². The number of rotatable bonds is 5. The fourth-order valence-electron chi connectivity index (χ4n) is 3.32. The molecular formula is C16H22ClN6O3-. The van der Waals surface area contributed by atoms with Gasteiger partial charge in [0, 0.05) is 32.8 Å². The molecule has 0 aromatic carbocycles. The standard InChI is InChI=1S/C16H22N6O3.ClH/c23-16(14-4-2-10-25-14)21-7-5-20(6-8-21)12-15-17-18-19-22(15)11-13-3-1-9-24-13;/h2,4,10,13H,1,3,5-9,11-12H2;1H/p-1. The van der Waals surface area contributed by atoms with Crippen molar-refractivity contribution < 1.29 is 26.4 Å². The third-order valence-corrected chi connectivity index (χ3v) is 4.76. The molecule has 1 unspecified atom stereocenters. The Morgan fingerprint density at radius 1 is 1.27 bits per heavy atom. The molecule has 0 spiro atoms. The molecule has 2 aliphatic heterocycles. The number of furan rings is 1. The molecule has 4 heterocycles. The second kappa shape index (κ2) is 8.61. The van der Waals surface area contributed by atoms with Crippen LogP contribution in [-0.4, -0.2) is 74.8 Å². The first kappa shape index (κ1) is 18.8. The van der Waals surface area contributed by atoms with E-state index < -0.39 is 0 Å². The van der Waals surface area contributed by atoms with Crippen molar-refractivity contribution in [1.29, 1.82) is 0 Å². The van der Waals surface area contributed by atoms with E-state index in [-0.39, 0.29) is 24.4 Å². The number of piperazine rings is 1. The Balaban J connectivity index is 0.00000196. The molecule has 0 saturated carbocycles. The van der Waals surface area contributed by atoms with Crippen molar-refractivity contribution in [2.24, 2.45) is 0 Å². The molecule has 2 aromatic rings. The lowest BCUT2D eigenvalue weighted by Gasteiger charge is -2.33. The molecule has 2 aromatic heterocycles. The normalized spacial score (nSPS) is 20.9. The van der Waals surface area contributed by atoms with Crippen LogP contribution in [0.2, 0.25) is 0 Å². The van der Waals surface area contributed by atoms with Gasteiger partial charge in [-0.25, -0.2) is 4.68 Å². The summed E-state index contributed by atoms with van der Waals surface area (Å²) < 4.78 is 12.7. The largest absolute Gasteiger partial charge is 1.00 e. The minimum Gasteiger partial charge on any atom is -1.00 e. The summed E-state index contributed by atoms with van der Waals surface area (Å²) in [4.78, 5) is 16.4. The van der Waals surface area contributed by atoms with Gasteiger partial charge in [0.25, 0.3) is 5.91 Å². The van der Waals surface area contributed by atoms with E-state index in [1.165, 1.54) is 6.26 Å². The van der Waals surface area contributed by atoms with Crippen molar-refractivity contribution in [2.45, 2.75) is 32.0 Å². The van der Waals surface area contributed by atoms with Crippen LogP contribution in [0.5, 0.6) is 0 Å². The number of hydrogen-bond donors (Lipinski definition) is 0. The summed E-state index contributed by atoms with van der Waals surface area (Å²) >= 11 is 0. The highest BCUT2D eigenvalue weighted by molar-refractivity contribution is 5.91. The predicted octanol–water partition coefficient (Wildman–Crippen LogP) is -2.59. The summed E-state index contributed by atoms with van der Waals surface area (Å²) in [6.07, 6.45) is 3.91. The van der Waals surface area contributed by atoms with Crippen molar-refractivity contribution in [3.63, 3.8) is 0 Å². The molecule has 4 rings (SSSR count). The van der Waals surface area contributed by atoms with E-state index in [0.717, 1.165) is 38.4 Å². The first-order valence-electron chi connectivity index (χ1n) is 8.71.